The van der Waals surface area contributed by atoms with E-state index in [0.717, 1.165) is 37.2 Å². The molecule has 1 saturated carbocycles. The first kappa shape index (κ1) is 28.1. The minimum absolute atomic E-state index is 0.0621. The summed E-state index contributed by atoms with van der Waals surface area (Å²) in [5.41, 5.74) is 0.945. The quantitative estimate of drug-likeness (QED) is 0.352. The highest BCUT2D eigenvalue weighted by Gasteiger charge is 2.50. The number of rotatable bonds is 9. The number of nitrogens with zero attached hydrogens (tertiary/aromatic N) is 2. The molecule has 1 aliphatic heterocycles. The van der Waals surface area contributed by atoms with Gasteiger partial charge in [0.05, 0.1) is 44.8 Å². The topological polar surface area (TPSA) is 62.7 Å². The fourth-order valence-corrected chi connectivity index (χ4v) is 10.5. The van der Waals surface area contributed by atoms with Crippen molar-refractivity contribution in [2.45, 2.75) is 76.2 Å². The van der Waals surface area contributed by atoms with Gasteiger partial charge >= 0.3 is 0 Å². The van der Waals surface area contributed by atoms with Gasteiger partial charge in [0.15, 0.2) is 0 Å². The van der Waals surface area contributed by atoms with Crippen molar-refractivity contribution < 1.29 is 18.6 Å². The standard InChI is InChI=1S/C32H42N2O4Si/c1-32(2,3)39(29-10-6-4-7-11-29,30-12-8-5-9-13-30)38-22-26-18-19-33-31(34-26)25-14-16-27(17-15-25)37-24-28-23-35-20-21-36-28/h4-13,18-19,25,27-28H,14-17,20-24H2,1-3H3/t25-,27-,28?. The first-order valence-electron chi connectivity index (χ1n) is 14.3. The third-order valence-electron chi connectivity index (χ3n) is 8.03. The molecule has 0 N–H and O–H groups in total. The maximum absolute atomic E-state index is 7.11. The van der Waals surface area contributed by atoms with E-state index >= 15 is 0 Å². The van der Waals surface area contributed by atoms with Crippen LogP contribution in [-0.4, -0.2) is 56.9 Å². The van der Waals surface area contributed by atoms with E-state index in [4.69, 9.17) is 23.6 Å². The fourth-order valence-electron chi connectivity index (χ4n) is 6.00. The monoisotopic (exact) mass is 546 g/mol. The van der Waals surface area contributed by atoms with E-state index in [1.807, 2.05) is 12.3 Å². The third-order valence-corrected chi connectivity index (χ3v) is 13.0. The SMILES string of the molecule is CC(C)(C)[Si](OCc1ccnc([C@H]2CC[C@H](OCC3COCCO3)CC2)n1)(c1ccccc1)c1ccccc1. The van der Waals surface area contributed by atoms with E-state index in [0.29, 0.717) is 39.0 Å². The lowest BCUT2D eigenvalue weighted by atomic mass is 9.86. The Morgan fingerprint density at radius 3 is 2.13 bits per heavy atom. The summed E-state index contributed by atoms with van der Waals surface area (Å²) in [6.45, 7) is 9.96. The Morgan fingerprint density at radius 2 is 1.54 bits per heavy atom. The van der Waals surface area contributed by atoms with Crippen LogP contribution in [0.15, 0.2) is 72.9 Å². The Balaban J connectivity index is 1.27. The summed E-state index contributed by atoms with van der Waals surface area (Å²) in [7, 11) is -2.62. The van der Waals surface area contributed by atoms with Crippen molar-refractivity contribution in [3.05, 3.63) is 84.4 Å². The van der Waals surface area contributed by atoms with Gasteiger partial charge in [-0.3, -0.25) is 0 Å². The van der Waals surface area contributed by atoms with Gasteiger partial charge < -0.3 is 18.6 Å². The number of hydrogen-bond donors (Lipinski definition) is 0. The van der Waals surface area contributed by atoms with Gasteiger partial charge in [0.25, 0.3) is 8.32 Å². The molecule has 2 heterocycles. The molecule has 39 heavy (non-hydrogen) atoms. The molecule has 2 aliphatic rings. The van der Waals surface area contributed by atoms with Crippen LogP contribution in [0, 0.1) is 0 Å². The lowest BCUT2D eigenvalue weighted by Gasteiger charge is -2.43. The van der Waals surface area contributed by atoms with Gasteiger partial charge in [0.2, 0.25) is 0 Å². The molecule has 1 saturated heterocycles. The first-order chi connectivity index (χ1) is 19.0. The van der Waals surface area contributed by atoms with Crippen LogP contribution < -0.4 is 10.4 Å². The molecule has 3 aromatic rings. The molecule has 5 rings (SSSR count). The molecule has 0 spiro atoms. The molecule has 1 aromatic heterocycles. The molecule has 1 atom stereocenters. The smallest absolute Gasteiger partial charge is 0.261 e. The van der Waals surface area contributed by atoms with E-state index in [1.165, 1.54) is 10.4 Å². The Hall–Kier alpha value is -2.42. The van der Waals surface area contributed by atoms with Crippen molar-refractivity contribution in [2.75, 3.05) is 26.4 Å². The van der Waals surface area contributed by atoms with Crippen LogP contribution in [0.1, 0.15) is 63.9 Å². The second-order valence-corrected chi connectivity index (χ2v) is 16.0. The molecule has 0 bridgehead atoms. The summed E-state index contributed by atoms with van der Waals surface area (Å²) < 4.78 is 24.5. The van der Waals surface area contributed by atoms with E-state index in [-0.39, 0.29) is 17.2 Å². The van der Waals surface area contributed by atoms with Crippen LogP contribution in [0.4, 0.5) is 0 Å². The van der Waals surface area contributed by atoms with Gasteiger partial charge in [0, 0.05) is 12.1 Å². The zero-order valence-corrected chi connectivity index (χ0v) is 24.6. The molecule has 0 radical (unpaired) electrons. The van der Waals surface area contributed by atoms with Crippen molar-refractivity contribution in [2.24, 2.45) is 0 Å². The van der Waals surface area contributed by atoms with Crippen molar-refractivity contribution in [1.82, 2.24) is 9.97 Å². The van der Waals surface area contributed by atoms with E-state index in [1.54, 1.807) is 0 Å². The molecule has 1 aliphatic carbocycles. The highest BCUT2D eigenvalue weighted by Crippen LogP contribution is 2.37. The number of aromatic nitrogens is 2. The van der Waals surface area contributed by atoms with Gasteiger partial charge in [0.1, 0.15) is 11.9 Å². The van der Waals surface area contributed by atoms with Crippen LogP contribution >= 0.6 is 0 Å². The Labute approximate surface area is 234 Å². The molecule has 208 valence electrons. The maximum atomic E-state index is 7.11. The third kappa shape index (κ3) is 6.66. The van der Waals surface area contributed by atoms with Gasteiger partial charge in [-0.1, -0.05) is 81.4 Å². The number of ether oxygens (including phenoxy) is 3. The van der Waals surface area contributed by atoms with Crippen LogP contribution in [0.2, 0.25) is 5.04 Å². The molecule has 7 heteroatoms. The van der Waals surface area contributed by atoms with Crippen molar-refractivity contribution in [3.8, 4) is 0 Å². The predicted molar refractivity (Wildman–Crippen MR) is 156 cm³/mol. The normalized spacial score (nSPS) is 22.5. The van der Waals surface area contributed by atoms with E-state index in [9.17, 15) is 0 Å². The number of benzene rings is 2. The van der Waals surface area contributed by atoms with E-state index < -0.39 is 8.32 Å². The fraction of sp³-hybridized carbons (Fsp3) is 0.500. The maximum Gasteiger partial charge on any atom is 0.261 e. The minimum Gasteiger partial charge on any atom is -0.401 e. The first-order valence-corrected chi connectivity index (χ1v) is 16.2. The van der Waals surface area contributed by atoms with Gasteiger partial charge in [-0.25, -0.2) is 9.97 Å². The lowest BCUT2D eigenvalue weighted by molar-refractivity contribution is -0.128. The summed E-state index contributed by atoms with van der Waals surface area (Å²) in [6.07, 6.45) is 6.34. The molecule has 0 amide bonds. The minimum atomic E-state index is -2.62. The average molecular weight is 547 g/mol. The van der Waals surface area contributed by atoms with Gasteiger partial charge in [-0.2, -0.15) is 0 Å². The van der Waals surface area contributed by atoms with Crippen molar-refractivity contribution >= 4 is 18.7 Å². The predicted octanol–water partition coefficient (Wildman–Crippen LogP) is 5.01. The Bertz CT molecular complexity index is 1120. The second-order valence-electron chi connectivity index (χ2n) is 11.7. The van der Waals surface area contributed by atoms with Crippen molar-refractivity contribution in [1.29, 1.82) is 0 Å². The van der Waals surface area contributed by atoms with E-state index in [2.05, 4.69) is 86.4 Å². The molecule has 2 aromatic carbocycles. The van der Waals surface area contributed by atoms with Crippen LogP contribution in [0.3, 0.4) is 0 Å². The lowest BCUT2D eigenvalue weighted by Crippen LogP contribution is -2.66. The van der Waals surface area contributed by atoms with Gasteiger partial charge in [-0.05, 0) is 47.2 Å². The summed E-state index contributed by atoms with van der Waals surface area (Å²) in [5.74, 6) is 1.29. The number of hydrogen-bond acceptors (Lipinski definition) is 6. The summed E-state index contributed by atoms with van der Waals surface area (Å²) in [5, 5.41) is 2.49. The molecular weight excluding hydrogens is 504 g/mol. The highest BCUT2D eigenvalue weighted by atomic mass is 28.4. The molecule has 2 fully saturated rings. The summed E-state index contributed by atoms with van der Waals surface area (Å²) in [4.78, 5) is 9.71. The molecule has 1 unspecified atom stereocenters. The summed E-state index contributed by atoms with van der Waals surface area (Å²) >= 11 is 0. The molecular formula is C32H42N2O4Si. The van der Waals surface area contributed by atoms with Crippen LogP contribution in [0.25, 0.3) is 0 Å². The summed E-state index contributed by atoms with van der Waals surface area (Å²) in [6, 6.07) is 23.5. The average Bonchev–Trinajstić information content (AvgIpc) is 2.98. The zero-order valence-electron chi connectivity index (χ0n) is 23.6. The zero-order chi connectivity index (χ0) is 27.1. The van der Waals surface area contributed by atoms with Crippen LogP contribution in [0.5, 0.6) is 0 Å². The molecule has 6 nitrogen and oxygen atoms in total. The largest absolute Gasteiger partial charge is 0.401 e. The van der Waals surface area contributed by atoms with Crippen molar-refractivity contribution in [3.63, 3.8) is 0 Å². The second kappa shape index (κ2) is 12.8. The Kier molecular flexibility index (Phi) is 9.25. The van der Waals surface area contributed by atoms with Crippen LogP contribution in [-0.2, 0) is 25.2 Å². The Morgan fingerprint density at radius 1 is 0.872 bits per heavy atom. The van der Waals surface area contributed by atoms with Gasteiger partial charge in [-0.15, -0.1) is 0 Å². The highest BCUT2D eigenvalue weighted by molar-refractivity contribution is 6.99.